The highest BCUT2D eigenvalue weighted by Gasteiger charge is 2.40. The second kappa shape index (κ2) is 5.77. The molecule has 1 atom stereocenters. The normalized spacial score (nSPS) is 17.3. The van der Waals surface area contributed by atoms with Crippen molar-refractivity contribution in [3.63, 3.8) is 0 Å². The summed E-state index contributed by atoms with van der Waals surface area (Å²) in [6.07, 6.45) is 4.79. The molecule has 3 rings (SSSR count). The largest absolute Gasteiger partial charge is 0.445 e. The molecule has 0 radical (unpaired) electrons. The van der Waals surface area contributed by atoms with Crippen LogP contribution in [0.2, 0.25) is 0 Å². The van der Waals surface area contributed by atoms with E-state index in [1.165, 1.54) is 6.20 Å². The Morgan fingerprint density at radius 1 is 1.45 bits per heavy atom. The van der Waals surface area contributed by atoms with Crippen molar-refractivity contribution in [2.75, 3.05) is 13.2 Å². The average Bonchev–Trinajstić information content (AvgIpc) is 3.00. The number of imidazole rings is 1. The smallest absolute Gasteiger partial charge is 0.357 e. The third-order valence-electron chi connectivity index (χ3n) is 3.94. The van der Waals surface area contributed by atoms with Gasteiger partial charge in [0, 0.05) is 0 Å². The first-order valence-corrected chi connectivity index (χ1v) is 7.17. The molecule has 5 heteroatoms. The van der Waals surface area contributed by atoms with Crippen LogP contribution >= 0.6 is 0 Å². The van der Waals surface area contributed by atoms with E-state index in [-0.39, 0.29) is 6.04 Å². The van der Waals surface area contributed by atoms with Crippen LogP contribution < -0.4 is 0 Å². The van der Waals surface area contributed by atoms with Gasteiger partial charge in [-0.2, -0.15) is 0 Å². The average molecular weight is 298 g/mol. The van der Waals surface area contributed by atoms with Crippen molar-refractivity contribution in [2.24, 2.45) is 0 Å². The Morgan fingerprint density at radius 3 is 2.77 bits per heavy atom. The molecule has 0 bridgehead atoms. The molecule has 1 fully saturated rings. The Labute approximate surface area is 129 Å². The van der Waals surface area contributed by atoms with Crippen LogP contribution in [0.15, 0.2) is 55.5 Å². The second-order valence-corrected chi connectivity index (χ2v) is 5.42. The number of aromatic nitrogens is 2. The summed E-state index contributed by atoms with van der Waals surface area (Å²) in [5.74, 6) is -0.413. The maximum Gasteiger partial charge on any atom is 0.357 e. The van der Waals surface area contributed by atoms with E-state index >= 15 is 0 Å². The molecule has 1 aromatic carbocycles. The molecule has 0 amide bonds. The minimum atomic E-state index is -0.706. The van der Waals surface area contributed by atoms with Gasteiger partial charge in [-0.15, -0.1) is 0 Å². The zero-order valence-corrected chi connectivity index (χ0v) is 12.4. The van der Waals surface area contributed by atoms with Crippen molar-refractivity contribution in [1.29, 1.82) is 0 Å². The van der Waals surface area contributed by atoms with Crippen molar-refractivity contribution in [2.45, 2.75) is 18.6 Å². The predicted octanol–water partition coefficient (Wildman–Crippen LogP) is 2.60. The predicted molar refractivity (Wildman–Crippen MR) is 81.6 cm³/mol. The Morgan fingerprint density at radius 2 is 2.18 bits per heavy atom. The number of nitrogens with zero attached hydrogens (tertiary/aromatic N) is 2. The fourth-order valence-corrected chi connectivity index (χ4v) is 2.42. The molecule has 0 saturated carbocycles. The van der Waals surface area contributed by atoms with Crippen molar-refractivity contribution in [1.82, 2.24) is 9.55 Å². The van der Waals surface area contributed by atoms with Crippen molar-refractivity contribution >= 4 is 5.97 Å². The first-order valence-electron chi connectivity index (χ1n) is 7.17. The summed E-state index contributed by atoms with van der Waals surface area (Å²) in [6.45, 7) is 6.44. The van der Waals surface area contributed by atoms with Crippen LogP contribution in [0.5, 0.6) is 0 Å². The molecule has 1 saturated heterocycles. The lowest BCUT2D eigenvalue weighted by Gasteiger charge is -2.37. The number of rotatable bonds is 5. The van der Waals surface area contributed by atoms with Crippen LogP contribution in [-0.2, 0) is 9.47 Å². The van der Waals surface area contributed by atoms with Gasteiger partial charge in [0.25, 0.3) is 0 Å². The van der Waals surface area contributed by atoms with Gasteiger partial charge in [0.05, 0.1) is 31.8 Å². The maximum atomic E-state index is 12.4. The van der Waals surface area contributed by atoms with Crippen LogP contribution in [0.1, 0.15) is 29.0 Å². The van der Waals surface area contributed by atoms with E-state index in [1.807, 2.05) is 41.8 Å². The number of hydrogen-bond acceptors (Lipinski definition) is 4. The lowest BCUT2D eigenvalue weighted by Crippen LogP contribution is -2.51. The lowest BCUT2D eigenvalue weighted by molar-refractivity contribution is -0.152. The van der Waals surface area contributed by atoms with Gasteiger partial charge in [-0.25, -0.2) is 9.78 Å². The van der Waals surface area contributed by atoms with Gasteiger partial charge < -0.3 is 14.0 Å². The van der Waals surface area contributed by atoms with Gasteiger partial charge in [-0.1, -0.05) is 36.9 Å². The zero-order chi connectivity index (χ0) is 15.6. The molecular formula is C17H18N2O3. The minimum absolute atomic E-state index is 0.0106. The van der Waals surface area contributed by atoms with Gasteiger partial charge in [0.2, 0.25) is 0 Å². The summed E-state index contributed by atoms with van der Waals surface area (Å²) < 4.78 is 12.5. The molecule has 0 spiro atoms. The Hall–Kier alpha value is -2.40. The summed E-state index contributed by atoms with van der Waals surface area (Å²) in [5, 5.41) is 0. The third-order valence-corrected chi connectivity index (χ3v) is 3.94. The SMILES string of the molecule is C=CC1(OC(=O)c2cncn2[C@H](C)c2ccccc2)COC1. The quantitative estimate of drug-likeness (QED) is 0.629. The first kappa shape index (κ1) is 14.5. The van der Waals surface area contributed by atoms with Gasteiger partial charge in [0.15, 0.2) is 5.60 Å². The molecular weight excluding hydrogens is 280 g/mol. The highest BCUT2D eigenvalue weighted by atomic mass is 16.6. The summed E-state index contributed by atoms with van der Waals surface area (Å²) in [4.78, 5) is 16.5. The number of carbonyl (C=O) groups excluding carboxylic acids is 1. The van der Waals surface area contributed by atoms with Crippen molar-refractivity contribution in [3.05, 3.63) is 66.8 Å². The number of carbonyl (C=O) groups is 1. The molecule has 2 aromatic rings. The molecule has 0 aliphatic carbocycles. The lowest BCUT2D eigenvalue weighted by atomic mass is 10.0. The van der Waals surface area contributed by atoms with E-state index < -0.39 is 11.6 Å². The number of ether oxygens (including phenoxy) is 2. The number of benzene rings is 1. The molecule has 1 aliphatic heterocycles. The minimum Gasteiger partial charge on any atom is -0.445 e. The van der Waals surface area contributed by atoms with Gasteiger partial charge in [-0.05, 0) is 18.6 Å². The first-order chi connectivity index (χ1) is 10.7. The zero-order valence-electron chi connectivity index (χ0n) is 12.4. The van der Waals surface area contributed by atoms with Gasteiger partial charge in [0.1, 0.15) is 5.69 Å². The fraction of sp³-hybridized carbons (Fsp3) is 0.294. The summed E-state index contributed by atoms with van der Waals surface area (Å²) in [7, 11) is 0. The van der Waals surface area contributed by atoms with Crippen LogP contribution in [0.4, 0.5) is 0 Å². The van der Waals surface area contributed by atoms with Crippen LogP contribution in [0.25, 0.3) is 0 Å². The van der Waals surface area contributed by atoms with E-state index in [4.69, 9.17) is 9.47 Å². The number of esters is 1. The van der Waals surface area contributed by atoms with E-state index in [0.29, 0.717) is 18.9 Å². The van der Waals surface area contributed by atoms with Crippen LogP contribution in [-0.4, -0.2) is 34.3 Å². The Balaban J connectivity index is 1.83. The van der Waals surface area contributed by atoms with E-state index in [9.17, 15) is 4.79 Å². The Bertz CT molecular complexity index is 674. The van der Waals surface area contributed by atoms with Crippen LogP contribution in [0, 0.1) is 0 Å². The third kappa shape index (κ3) is 2.55. The summed E-state index contributed by atoms with van der Waals surface area (Å²) >= 11 is 0. The molecule has 0 unspecified atom stereocenters. The highest BCUT2D eigenvalue weighted by molar-refractivity contribution is 5.88. The fourth-order valence-electron chi connectivity index (χ4n) is 2.42. The standard InChI is InChI=1S/C17H18N2O3/c1-3-17(10-21-11-17)22-16(20)15-9-18-12-19(15)13(2)14-7-5-4-6-8-14/h3-9,12-13H,1,10-11H2,2H3/t13-/m1/s1. The molecule has 0 N–H and O–H groups in total. The Kier molecular flexibility index (Phi) is 3.81. The maximum absolute atomic E-state index is 12.4. The monoisotopic (exact) mass is 298 g/mol. The van der Waals surface area contributed by atoms with Gasteiger partial charge in [-0.3, -0.25) is 0 Å². The van der Waals surface area contributed by atoms with E-state index in [2.05, 4.69) is 11.6 Å². The summed E-state index contributed by atoms with van der Waals surface area (Å²) in [5.41, 5.74) is 0.812. The molecule has 1 aliphatic rings. The molecule has 1 aromatic heterocycles. The molecule has 114 valence electrons. The second-order valence-electron chi connectivity index (χ2n) is 5.42. The van der Waals surface area contributed by atoms with Crippen LogP contribution in [0.3, 0.4) is 0 Å². The van der Waals surface area contributed by atoms with E-state index in [0.717, 1.165) is 5.56 Å². The topological polar surface area (TPSA) is 53.3 Å². The van der Waals surface area contributed by atoms with Crippen molar-refractivity contribution in [3.8, 4) is 0 Å². The van der Waals surface area contributed by atoms with Gasteiger partial charge >= 0.3 is 5.97 Å². The van der Waals surface area contributed by atoms with Crippen molar-refractivity contribution < 1.29 is 14.3 Å². The highest BCUT2D eigenvalue weighted by Crippen LogP contribution is 2.26. The molecule has 2 heterocycles. The van der Waals surface area contributed by atoms with E-state index in [1.54, 1.807) is 12.4 Å². The number of hydrogen-bond donors (Lipinski definition) is 0. The summed E-state index contributed by atoms with van der Waals surface area (Å²) in [6, 6.07) is 9.93. The molecule has 22 heavy (non-hydrogen) atoms. The molecule has 5 nitrogen and oxygen atoms in total.